The minimum atomic E-state index is -3.48. The Kier molecular flexibility index (Phi) is 7.98. The first-order valence-corrected chi connectivity index (χ1v) is 12.2. The molecule has 1 unspecified atom stereocenters. The standard InChI is InChI=1S/C24H25FN4O3S2/c1-16(17-8-14-20(15-9-17)34(31,32)29(2)3)26-24(33)28-19-12-10-18(11-13-19)27-23(30)21-6-4-5-7-22(21)25/h4-16H,1-3H3,(H,27,30)(H2,26,28,33). The van der Waals surface area contributed by atoms with Crippen LogP contribution in [0.5, 0.6) is 0 Å². The van der Waals surface area contributed by atoms with Gasteiger partial charge >= 0.3 is 0 Å². The van der Waals surface area contributed by atoms with E-state index in [1.165, 1.54) is 36.6 Å². The van der Waals surface area contributed by atoms with Crippen LogP contribution in [0.1, 0.15) is 28.9 Å². The normalized spacial score (nSPS) is 12.1. The van der Waals surface area contributed by atoms with Crippen LogP contribution in [-0.2, 0) is 10.0 Å². The number of amides is 1. The molecule has 1 amide bonds. The van der Waals surface area contributed by atoms with Gasteiger partial charge in [-0.2, -0.15) is 0 Å². The summed E-state index contributed by atoms with van der Waals surface area (Å²) in [4.78, 5) is 12.4. The van der Waals surface area contributed by atoms with Crippen LogP contribution >= 0.6 is 12.2 Å². The zero-order valence-electron chi connectivity index (χ0n) is 18.9. The van der Waals surface area contributed by atoms with Crippen LogP contribution in [-0.4, -0.2) is 37.8 Å². The highest BCUT2D eigenvalue weighted by atomic mass is 32.2. The lowest BCUT2D eigenvalue weighted by atomic mass is 10.1. The average molecular weight is 501 g/mol. The molecular formula is C24H25FN4O3S2. The number of carbonyl (C=O) groups is 1. The van der Waals surface area contributed by atoms with Crippen molar-refractivity contribution in [1.29, 1.82) is 0 Å². The minimum absolute atomic E-state index is 0.0311. The second-order valence-electron chi connectivity index (χ2n) is 7.69. The molecule has 0 heterocycles. The fraction of sp³-hybridized carbons (Fsp3) is 0.167. The third kappa shape index (κ3) is 6.16. The van der Waals surface area contributed by atoms with Crippen molar-refractivity contribution in [2.24, 2.45) is 0 Å². The molecule has 3 aromatic carbocycles. The third-order valence-corrected chi connectivity index (χ3v) is 7.07. The molecule has 0 aliphatic rings. The quantitative estimate of drug-likeness (QED) is 0.417. The second-order valence-corrected chi connectivity index (χ2v) is 10.2. The number of sulfonamides is 1. The molecule has 3 rings (SSSR count). The van der Waals surface area contributed by atoms with Crippen molar-refractivity contribution in [2.75, 3.05) is 24.7 Å². The van der Waals surface area contributed by atoms with E-state index in [0.29, 0.717) is 16.5 Å². The fourth-order valence-corrected chi connectivity index (χ4v) is 4.26. The Morgan fingerprint density at radius 2 is 1.47 bits per heavy atom. The average Bonchev–Trinajstić information content (AvgIpc) is 2.80. The van der Waals surface area contributed by atoms with Gasteiger partial charge in [-0.25, -0.2) is 17.1 Å². The Morgan fingerprint density at radius 1 is 0.912 bits per heavy atom. The van der Waals surface area contributed by atoms with E-state index in [2.05, 4.69) is 16.0 Å². The number of hydrogen-bond donors (Lipinski definition) is 3. The van der Waals surface area contributed by atoms with E-state index in [-0.39, 0.29) is 16.5 Å². The van der Waals surface area contributed by atoms with Gasteiger partial charge in [0.15, 0.2) is 5.11 Å². The van der Waals surface area contributed by atoms with Crippen molar-refractivity contribution in [3.05, 3.63) is 89.7 Å². The topological polar surface area (TPSA) is 90.5 Å². The largest absolute Gasteiger partial charge is 0.356 e. The number of thiocarbonyl (C=S) groups is 1. The first-order chi connectivity index (χ1) is 16.1. The molecular weight excluding hydrogens is 475 g/mol. The summed E-state index contributed by atoms with van der Waals surface area (Å²) in [6, 6.07) is 19.0. The molecule has 0 fully saturated rings. The van der Waals surface area contributed by atoms with E-state index < -0.39 is 21.7 Å². The summed E-state index contributed by atoms with van der Waals surface area (Å²) >= 11 is 5.38. The predicted molar refractivity (Wildman–Crippen MR) is 136 cm³/mol. The predicted octanol–water partition coefficient (Wildman–Crippen LogP) is 4.38. The van der Waals surface area contributed by atoms with E-state index in [1.54, 1.807) is 54.6 Å². The van der Waals surface area contributed by atoms with Gasteiger partial charge in [0.2, 0.25) is 10.0 Å². The molecule has 3 aromatic rings. The lowest BCUT2D eigenvalue weighted by Crippen LogP contribution is -2.31. The summed E-state index contributed by atoms with van der Waals surface area (Å²) in [5.74, 6) is -1.12. The molecule has 178 valence electrons. The van der Waals surface area contributed by atoms with Crippen molar-refractivity contribution >= 4 is 44.6 Å². The number of benzene rings is 3. The van der Waals surface area contributed by atoms with Crippen LogP contribution in [0.15, 0.2) is 77.7 Å². The maximum absolute atomic E-state index is 13.8. The molecule has 0 bridgehead atoms. The highest BCUT2D eigenvalue weighted by Crippen LogP contribution is 2.19. The zero-order valence-corrected chi connectivity index (χ0v) is 20.5. The van der Waals surface area contributed by atoms with Crippen LogP contribution in [0, 0.1) is 5.82 Å². The maximum Gasteiger partial charge on any atom is 0.258 e. The van der Waals surface area contributed by atoms with E-state index in [9.17, 15) is 17.6 Å². The number of hydrogen-bond acceptors (Lipinski definition) is 4. The van der Waals surface area contributed by atoms with Crippen LogP contribution < -0.4 is 16.0 Å². The SMILES string of the molecule is CC(NC(=S)Nc1ccc(NC(=O)c2ccccc2F)cc1)c1ccc(S(=O)(=O)N(C)C)cc1. The van der Waals surface area contributed by atoms with E-state index in [4.69, 9.17) is 12.2 Å². The Balaban J connectivity index is 1.56. The number of nitrogens with one attached hydrogen (secondary N) is 3. The molecule has 3 N–H and O–H groups in total. The molecule has 0 aromatic heterocycles. The van der Waals surface area contributed by atoms with Gasteiger partial charge in [-0.15, -0.1) is 0 Å². The zero-order chi connectivity index (χ0) is 24.9. The Bertz CT molecular complexity index is 1280. The van der Waals surface area contributed by atoms with Gasteiger partial charge in [-0.1, -0.05) is 24.3 Å². The van der Waals surface area contributed by atoms with Gasteiger partial charge in [0.1, 0.15) is 5.82 Å². The fourth-order valence-electron chi connectivity index (χ4n) is 3.07. The Labute approximate surface area is 204 Å². The van der Waals surface area contributed by atoms with E-state index >= 15 is 0 Å². The van der Waals surface area contributed by atoms with Crippen LogP contribution in [0.3, 0.4) is 0 Å². The van der Waals surface area contributed by atoms with Crippen molar-refractivity contribution in [2.45, 2.75) is 17.9 Å². The number of rotatable bonds is 7. The number of anilines is 2. The molecule has 0 aliphatic carbocycles. The van der Waals surface area contributed by atoms with Gasteiger partial charge in [-0.05, 0) is 73.2 Å². The smallest absolute Gasteiger partial charge is 0.258 e. The summed E-state index contributed by atoms with van der Waals surface area (Å²) < 4.78 is 39.3. The summed E-state index contributed by atoms with van der Waals surface area (Å²) in [5.41, 5.74) is 2.05. The van der Waals surface area contributed by atoms with Crippen LogP contribution in [0.25, 0.3) is 0 Å². The molecule has 34 heavy (non-hydrogen) atoms. The summed E-state index contributed by atoms with van der Waals surface area (Å²) in [7, 11) is -0.508. The molecule has 7 nitrogen and oxygen atoms in total. The lowest BCUT2D eigenvalue weighted by molar-refractivity contribution is 0.102. The van der Waals surface area contributed by atoms with Crippen LogP contribution in [0.2, 0.25) is 0 Å². The number of nitrogens with zero attached hydrogens (tertiary/aromatic N) is 1. The van der Waals surface area contributed by atoms with E-state index in [1.807, 2.05) is 6.92 Å². The molecule has 1 atom stereocenters. The van der Waals surface area contributed by atoms with Crippen LogP contribution in [0.4, 0.5) is 15.8 Å². The summed E-state index contributed by atoms with van der Waals surface area (Å²) in [5, 5.41) is 9.24. The molecule has 0 radical (unpaired) electrons. The molecule has 10 heteroatoms. The molecule has 0 saturated heterocycles. The number of carbonyl (C=O) groups excluding carboxylic acids is 1. The van der Waals surface area contributed by atoms with Crippen molar-refractivity contribution in [1.82, 2.24) is 9.62 Å². The molecule has 0 spiro atoms. The number of halogens is 1. The Morgan fingerprint density at radius 3 is 2.03 bits per heavy atom. The first kappa shape index (κ1) is 25.3. The highest BCUT2D eigenvalue weighted by molar-refractivity contribution is 7.89. The maximum atomic E-state index is 13.8. The third-order valence-electron chi connectivity index (χ3n) is 5.03. The first-order valence-electron chi connectivity index (χ1n) is 10.3. The van der Waals surface area contributed by atoms with E-state index in [0.717, 1.165) is 5.56 Å². The van der Waals surface area contributed by atoms with Gasteiger partial charge in [0.05, 0.1) is 16.5 Å². The molecule has 0 saturated carbocycles. The highest BCUT2D eigenvalue weighted by Gasteiger charge is 2.17. The molecule has 0 aliphatic heterocycles. The van der Waals surface area contributed by atoms with Gasteiger partial charge < -0.3 is 16.0 Å². The lowest BCUT2D eigenvalue weighted by Gasteiger charge is -2.18. The summed E-state index contributed by atoms with van der Waals surface area (Å²) in [6.07, 6.45) is 0. The van der Waals surface area contributed by atoms with Crippen molar-refractivity contribution in [3.8, 4) is 0 Å². The minimum Gasteiger partial charge on any atom is -0.356 e. The van der Waals surface area contributed by atoms with Gasteiger partial charge in [-0.3, -0.25) is 4.79 Å². The van der Waals surface area contributed by atoms with Crippen molar-refractivity contribution in [3.63, 3.8) is 0 Å². The monoisotopic (exact) mass is 500 g/mol. The van der Waals surface area contributed by atoms with Gasteiger partial charge in [0.25, 0.3) is 5.91 Å². The van der Waals surface area contributed by atoms with Gasteiger partial charge in [0, 0.05) is 25.5 Å². The second kappa shape index (κ2) is 10.7. The van der Waals surface area contributed by atoms with Crippen molar-refractivity contribution < 1.29 is 17.6 Å². The Hall–Kier alpha value is -3.34. The summed E-state index contributed by atoms with van der Waals surface area (Å²) in [6.45, 7) is 1.91.